The van der Waals surface area contributed by atoms with E-state index in [4.69, 9.17) is 4.74 Å². The van der Waals surface area contributed by atoms with Crippen LogP contribution in [0.3, 0.4) is 0 Å². The second-order valence-corrected chi connectivity index (χ2v) is 12.7. The standard InChI is InChI=1S/C28H36FN3O5S/c1-28(19-24(28)20-8-12-23(37-2)13-9-20)30-14-4-3-5-25(27(34)32-15-17-38(35,36)18-16-32)31-26(33)21-6-10-22(29)11-7-21/h6-13,24-25,30H,3-5,14-19H2,1-2H3,(H,31,33)/t24-,25-,28+/m0/s1. The average molecular weight is 546 g/mol. The van der Waals surface area contributed by atoms with E-state index in [0.717, 1.165) is 25.1 Å². The van der Waals surface area contributed by atoms with Gasteiger partial charge in [-0.2, -0.15) is 0 Å². The molecule has 2 aromatic rings. The van der Waals surface area contributed by atoms with Gasteiger partial charge in [0.15, 0.2) is 9.84 Å². The number of hydrogen-bond acceptors (Lipinski definition) is 6. The van der Waals surface area contributed by atoms with Crippen LogP contribution in [0.15, 0.2) is 48.5 Å². The maximum absolute atomic E-state index is 13.3. The van der Waals surface area contributed by atoms with E-state index in [9.17, 15) is 22.4 Å². The van der Waals surface area contributed by atoms with Crippen molar-refractivity contribution in [2.75, 3.05) is 38.2 Å². The Balaban J connectivity index is 1.29. The van der Waals surface area contributed by atoms with E-state index >= 15 is 0 Å². The Hall–Kier alpha value is -2.98. The highest BCUT2D eigenvalue weighted by atomic mass is 32.2. The number of nitrogens with zero attached hydrogens (tertiary/aromatic N) is 1. The molecule has 8 nitrogen and oxygen atoms in total. The van der Waals surface area contributed by atoms with E-state index in [0.29, 0.717) is 18.8 Å². The van der Waals surface area contributed by atoms with Crippen LogP contribution in [0.5, 0.6) is 5.75 Å². The van der Waals surface area contributed by atoms with E-state index in [1.807, 2.05) is 12.1 Å². The zero-order valence-corrected chi connectivity index (χ0v) is 22.7. The average Bonchev–Trinajstić information content (AvgIpc) is 3.58. The van der Waals surface area contributed by atoms with Gasteiger partial charge in [0.05, 0.1) is 18.6 Å². The van der Waals surface area contributed by atoms with Crippen molar-refractivity contribution in [1.82, 2.24) is 15.5 Å². The highest BCUT2D eigenvalue weighted by molar-refractivity contribution is 7.91. The third kappa shape index (κ3) is 7.11. The zero-order valence-electron chi connectivity index (χ0n) is 21.9. The van der Waals surface area contributed by atoms with Gasteiger partial charge < -0.3 is 20.3 Å². The van der Waals surface area contributed by atoms with E-state index in [1.165, 1.54) is 34.7 Å². The molecule has 1 saturated heterocycles. The molecular formula is C28H36FN3O5S. The number of ether oxygens (including phenoxy) is 1. The van der Waals surface area contributed by atoms with E-state index in [2.05, 4.69) is 29.7 Å². The molecule has 0 bridgehead atoms. The van der Waals surface area contributed by atoms with Crippen LogP contribution in [0, 0.1) is 5.82 Å². The minimum Gasteiger partial charge on any atom is -0.497 e. The van der Waals surface area contributed by atoms with E-state index < -0.39 is 27.6 Å². The molecule has 1 heterocycles. The summed E-state index contributed by atoms with van der Waals surface area (Å²) in [6.07, 6.45) is 2.99. The van der Waals surface area contributed by atoms with Gasteiger partial charge in [-0.05, 0) is 81.1 Å². The number of nitrogens with one attached hydrogen (secondary N) is 2. The topological polar surface area (TPSA) is 105 Å². The Morgan fingerprint density at radius 1 is 1.08 bits per heavy atom. The SMILES string of the molecule is COc1ccc([C@@H]2C[C@@]2(C)NCCCC[C@H](NC(=O)c2ccc(F)cc2)C(=O)N2CCS(=O)(=O)CC2)cc1. The van der Waals surface area contributed by atoms with Gasteiger partial charge in [-0.15, -0.1) is 0 Å². The molecule has 0 unspecified atom stereocenters. The van der Waals surface area contributed by atoms with Crippen molar-refractivity contribution < 1.29 is 27.1 Å². The molecule has 2 N–H and O–H groups in total. The quantitative estimate of drug-likeness (QED) is 0.421. The number of halogens is 1. The largest absolute Gasteiger partial charge is 0.497 e. The van der Waals surface area contributed by atoms with Gasteiger partial charge in [-0.1, -0.05) is 12.1 Å². The number of carbonyl (C=O) groups is 2. The summed E-state index contributed by atoms with van der Waals surface area (Å²) in [7, 11) is -1.48. The van der Waals surface area contributed by atoms with Gasteiger partial charge >= 0.3 is 0 Å². The lowest BCUT2D eigenvalue weighted by Crippen LogP contribution is -2.52. The van der Waals surface area contributed by atoms with Gasteiger partial charge in [0.1, 0.15) is 17.6 Å². The van der Waals surface area contributed by atoms with E-state index in [1.54, 1.807) is 7.11 Å². The van der Waals surface area contributed by atoms with Crippen LogP contribution in [0.25, 0.3) is 0 Å². The zero-order chi connectivity index (χ0) is 27.3. The molecule has 3 atom stereocenters. The van der Waals surface area contributed by atoms with Crippen LogP contribution >= 0.6 is 0 Å². The molecule has 2 fully saturated rings. The van der Waals surface area contributed by atoms with Crippen LogP contribution in [0.4, 0.5) is 4.39 Å². The fraction of sp³-hybridized carbons (Fsp3) is 0.500. The molecule has 1 aliphatic carbocycles. The molecule has 2 aromatic carbocycles. The number of hydrogen-bond donors (Lipinski definition) is 2. The highest BCUT2D eigenvalue weighted by Gasteiger charge is 2.50. The van der Waals surface area contributed by atoms with Gasteiger partial charge in [-0.3, -0.25) is 9.59 Å². The molecule has 0 aromatic heterocycles. The molecule has 0 spiro atoms. The van der Waals surface area contributed by atoms with Gasteiger partial charge in [0.25, 0.3) is 5.91 Å². The van der Waals surface area contributed by atoms with Crippen LogP contribution < -0.4 is 15.4 Å². The molecule has 0 radical (unpaired) electrons. The summed E-state index contributed by atoms with van der Waals surface area (Å²) in [5.74, 6) is -0.0606. The molecule has 4 rings (SSSR count). The summed E-state index contributed by atoms with van der Waals surface area (Å²) in [5.41, 5.74) is 1.57. The lowest BCUT2D eigenvalue weighted by atomic mass is 10.1. The fourth-order valence-corrected chi connectivity index (χ4v) is 6.18. The monoisotopic (exact) mass is 545 g/mol. The van der Waals surface area contributed by atoms with Crippen molar-refractivity contribution in [2.45, 2.75) is 50.1 Å². The Labute approximate surface area is 223 Å². The Kier molecular flexibility index (Phi) is 8.72. The van der Waals surface area contributed by atoms with Crippen LogP contribution in [-0.4, -0.2) is 75.0 Å². The first kappa shape index (κ1) is 28.0. The number of amides is 2. The number of unbranched alkanes of at least 4 members (excludes halogenated alkanes) is 1. The van der Waals surface area contributed by atoms with Crippen molar-refractivity contribution >= 4 is 21.7 Å². The Morgan fingerprint density at radius 2 is 1.74 bits per heavy atom. The Bertz CT molecular complexity index is 1220. The minimum atomic E-state index is -3.14. The Morgan fingerprint density at radius 3 is 2.37 bits per heavy atom. The summed E-state index contributed by atoms with van der Waals surface area (Å²) < 4.78 is 42.1. The predicted molar refractivity (Wildman–Crippen MR) is 143 cm³/mol. The molecule has 1 saturated carbocycles. The number of rotatable bonds is 11. The van der Waals surface area contributed by atoms with Gasteiger partial charge in [0, 0.05) is 30.1 Å². The molecule has 2 amide bonds. The minimum absolute atomic E-state index is 0.0277. The highest BCUT2D eigenvalue weighted by Crippen LogP contribution is 2.51. The van der Waals surface area contributed by atoms with Crippen molar-refractivity contribution in [3.63, 3.8) is 0 Å². The molecule has 206 valence electrons. The van der Waals surface area contributed by atoms with Crippen LogP contribution in [-0.2, 0) is 14.6 Å². The molecular weight excluding hydrogens is 509 g/mol. The summed E-state index contributed by atoms with van der Waals surface area (Å²) in [4.78, 5) is 27.5. The summed E-state index contributed by atoms with van der Waals surface area (Å²) in [6, 6.07) is 12.5. The third-order valence-corrected chi connectivity index (χ3v) is 9.18. The van der Waals surface area contributed by atoms with Crippen molar-refractivity contribution in [3.05, 3.63) is 65.5 Å². The maximum Gasteiger partial charge on any atom is 0.251 e. The van der Waals surface area contributed by atoms with Gasteiger partial charge in [-0.25, -0.2) is 12.8 Å². The van der Waals surface area contributed by atoms with Crippen LogP contribution in [0.2, 0.25) is 0 Å². The van der Waals surface area contributed by atoms with Crippen molar-refractivity contribution in [2.24, 2.45) is 0 Å². The fourth-order valence-electron chi connectivity index (χ4n) is 4.98. The summed E-state index contributed by atoms with van der Waals surface area (Å²) in [6.45, 7) is 3.23. The third-order valence-electron chi connectivity index (χ3n) is 7.57. The number of benzene rings is 2. The molecule has 1 aliphatic heterocycles. The second kappa shape index (κ2) is 11.8. The lowest BCUT2D eigenvalue weighted by molar-refractivity contribution is -0.133. The number of methoxy groups -OCH3 is 1. The first-order chi connectivity index (χ1) is 18.1. The van der Waals surface area contributed by atoms with Gasteiger partial charge in [0.2, 0.25) is 5.91 Å². The number of carbonyl (C=O) groups excluding carboxylic acids is 2. The number of sulfone groups is 1. The summed E-state index contributed by atoms with van der Waals surface area (Å²) >= 11 is 0. The van der Waals surface area contributed by atoms with Crippen LogP contribution in [0.1, 0.15) is 54.4 Å². The van der Waals surface area contributed by atoms with Crippen molar-refractivity contribution in [1.29, 1.82) is 0 Å². The summed E-state index contributed by atoms with van der Waals surface area (Å²) in [5, 5.41) is 6.44. The van der Waals surface area contributed by atoms with Crippen molar-refractivity contribution in [3.8, 4) is 5.75 Å². The molecule has 38 heavy (non-hydrogen) atoms. The first-order valence-electron chi connectivity index (χ1n) is 13.0. The lowest BCUT2D eigenvalue weighted by Gasteiger charge is -2.30. The first-order valence-corrected chi connectivity index (χ1v) is 14.9. The maximum atomic E-state index is 13.3. The second-order valence-electron chi connectivity index (χ2n) is 10.4. The van der Waals surface area contributed by atoms with E-state index in [-0.39, 0.29) is 41.6 Å². The normalized spacial score (nSPS) is 22.9. The molecule has 10 heteroatoms. The predicted octanol–water partition coefficient (Wildman–Crippen LogP) is 2.90. The molecule has 2 aliphatic rings. The smallest absolute Gasteiger partial charge is 0.251 e.